The van der Waals surface area contributed by atoms with Gasteiger partial charge in [0.2, 0.25) is 0 Å². The molecule has 5 nitrogen and oxygen atoms in total. The minimum atomic E-state index is -2.12. The van der Waals surface area contributed by atoms with Crippen molar-refractivity contribution in [3.05, 3.63) is 69.2 Å². The molecule has 2 N–H and O–H groups in total. The van der Waals surface area contributed by atoms with Crippen LogP contribution in [-0.4, -0.2) is 38.1 Å². The number of rotatable bonds is 8. The molecule has 3 rings (SSSR count). The second-order valence-electron chi connectivity index (χ2n) is 12.7. The van der Waals surface area contributed by atoms with E-state index in [1.165, 1.54) is 30.3 Å². The number of halogens is 4. The standard InChI is InChI=1S/C29H36Cl2F2N2O3Si/c1-27(2,3)39(6,7)38-16-28(4,5)14-22-29(15-34,19-12-11-17(30)13-21(19)32)23(25(35-22)26(36)37)18-9-8-10-20(31)24(18)33/h8-13,22-23,25,35H,14,16H2,1-7H3,(H,36,37)/t22-,23-,25+,29-/m0/s1. The van der Waals surface area contributed by atoms with Gasteiger partial charge in [0.15, 0.2) is 8.32 Å². The zero-order valence-corrected chi connectivity index (χ0v) is 25.8. The fraction of sp³-hybridized carbons (Fsp3) is 0.517. The van der Waals surface area contributed by atoms with Crippen molar-refractivity contribution in [3.8, 4) is 6.07 Å². The molecule has 4 atom stereocenters. The van der Waals surface area contributed by atoms with Gasteiger partial charge in [0, 0.05) is 29.2 Å². The van der Waals surface area contributed by atoms with E-state index in [0.29, 0.717) is 6.61 Å². The molecule has 1 aliphatic heterocycles. The van der Waals surface area contributed by atoms with Gasteiger partial charge in [0.05, 0.1) is 11.1 Å². The molecule has 39 heavy (non-hydrogen) atoms. The summed E-state index contributed by atoms with van der Waals surface area (Å²) in [6, 6.07) is 8.13. The van der Waals surface area contributed by atoms with Crippen molar-refractivity contribution in [2.24, 2.45) is 5.41 Å². The summed E-state index contributed by atoms with van der Waals surface area (Å²) in [6.45, 7) is 15.0. The topological polar surface area (TPSA) is 82.3 Å². The predicted octanol–water partition coefficient (Wildman–Crippen LogP) is 7.68. The second-order valence-corrected chi connectivity index (χ2v) is 18.3. The summed E-state index contributed by atoms with van der Waals surface area (Å²) in [5.74, 6) is -4.19. The maximum Gasteiger partial charge on any atom is 0.321 e. The van der Waals surface area contributed by atoms with Crippen molar-refractivity contribution in [3.63, 3.8) is 0 Å². The third-order valence-corrected chi connectivity index (χ3v) is 13.3. The summed E-state index contributed by atoms with van der Waals surface area (Å²) in [5.41, 5.74) is -2.49. The summed E-state index contributed by atoms with van der Waals surface area (Å²) >= 11 is 12.1. The van der Waals surface area contributed by atoms with Crippen LogP contribution in [-0.2, 0) is 14.6 Å². The number of nitriles is 1. The van der Waals surface area contributed by atoms with Crippen LogP contribution >= 0.6 is 23.2 Å². The summed E-state index contributed by atoms with van der Waals surface area (Å²) in [4.78, 5) is 12.6. The van der Waals surface area contributed by atoms with Crippen LogP contribution < -0.4 is 5.32 Å². The third kappa shape index (κ3) is 6.03. The molecule has 212 valence electrons. The van der Waals surface area contributed by atoms with Crippen LogP contribution in [0.25, 0.3) is 0 Å². The number of aliphatic carboxylic acids is 1. The number of carboxylic acids is 1. The van der Waals surface area contributed by atoms with E-state index in [1.54, 1.807) is 0 Å². The molecular weight excluding hydrogens is 561 g/mol. The van der Waals surface area contributed by atoms with Gasteiger partial charge in [0.1, 0.15) is 23.1 Å². The average molecular weight is 598 g/mol. The molecule has 2 aromatic rings. The Morgan fingerprint density at radius 3 is 2.36 bits per heavy atom. The molecule has 1 heterocycles. The van der Waals surface area contributed by atoms with Gasteiger partial charge in [-0.3, -0.25) is 10.1 Å². The van der Waals surface area contributed by atoms with Crippen molar-refractivity contribution in [1.29, 1.82) is 5.26 Å². The maximum absolute atomic E-state index is 15.6. The Hall–Kier alpha value is -2.02. The molecule has 0 aromatic heterocycles. The lowest BCUT2D eigenvalue weighted by atomic mass is 9.62. The van der Waals surface area contributed by atoms with E-state index in [4.69, 9.17) is 27.6 Å². The summed E-state index contributed by atoms with van der Waals surface area (Å²) in [5, 5.41) is 24.0. The van der Waals surface area contributed by atoms with Gasteiger partial charge in [-0.25, -0.2) is 8.78 Å². The first-order chi connectivity index (χ1) is 17.9. The van der Waals surface area contributed by atoms with Crippen molar-refractivity contribution in [2.75, 3.05) is 6.61 Å². The first kappa shape index (κ1) is 31.5. The van der Waals surface area contributed by atoms with Crippen molar-refractivity contribution in [2.45, 2.75) is 82.6 Å². The molecule has 0 aliphatic carbocycles. The van der Waals surface area contributed by atoms with Crippen LogP contribution in [0, 0.1) is 28.4 Å². The molecule has 10 heteroatoms. The molecular formula is C29H36Cl2F2N2O3Si. The number of nitrogens with zero attached hydrogens (tertiary/aromatic N) is 1. The molecule has 0 spiro atoms. The summed E-state index contributed by atoms with van der Waals surface area (Å²) in [7, 11) is -2.12. The fourth-order valence-electron chi connectivity index (χ4n) is 5.14. The summed E-state index contributed by atoms with van der Waals surface area (Å²) < 4.78 is 37.6. The Morgan fingerprint density at radius 1 is 1.18 bits per heavy atom. The minimum absolute atomic E-state index is 0.0266. The number of carboxylic acid groups (broad SMARTS) is 1. The normalized spacial score (nSPS) is 24.0. The minimum Gasteiger partial charge on any atom is -0.480 e. The Morgan fingerprint density at radius 2 is 1.82 bits per heavy atom. The molecule has 0 saturated carbocycles. The Bertz CT molecular complexity index is 1290. The van der Waals surface area contributed by atoms with Crippen LogP contribution in [0.5, 0.6) is 0 Å². The predicted molar refractivity (Wildman–Crippen MR) is 153 cm³/mol. The fourth-order valence-corrected chi connectivity index (χ4v) is 6.66. The van der Waals surface area contributed by atoms with Crippen LogP contribution in [0.2, 0.25) is 28.2 Å². The highest BCUT2D eigenvalue weighted by atomic mass is 35.5. The van der Waals surface area contributed by atoms with E-state index in [1.807, 2.05) is 13.8 Å². The summed E-state index contributed by atoms with van der Waals surface area (Å²) in [6.07, 6.45) is 0.250. The van der Waals surface area contributed by atoms with Gasteiger partial charge in [-0.2, -0.15) is 5.26 Å². The van der Waals surface area contributed by atoms with Crippen LogP contribution in [0.15, 0.2) is 36.4 Å². The lowest BCUT2D eigenvalue weighted by Crippen LogP contribution is -2.47. The molecule has 0 unspecified atom stereocenters. The van der Waals surface area contributed by atoms with E-state index in [0.717, 1.165) is 6.07 Å². The lowest BCUT2D eigenvalue weighted by molar-refractivity contribution is -0.139. The van der Waals surface area contributed by atoms with E-state index >= 15 is 8.78 Å². The van der Waals surface area contributed by atoms with E-state index in [2.05, 4.69) is 45.3 Å². The van der Waals surface area contributed by atoms with Gasteiger partial charge in [-0.05, 0) is 53.7 Å². The smallest absolute Gasteiger partial charge is 0.321 e. The van der Waals surface area contributed by atoms with Crippen molar-refractivity contribution < 1.29 is 23.1 Å². The highest BCUT2D eigenvalue weighted by molar-refractivity contribution is 6.74. The van der Waals surface area contributed by atoms with Gasteiger partial charge in [0.25, 0.3) is 0 Å². The first-order valence-electron chi connectivity index (χ1n) is 12.8. The van der Waals surface area contributed by atoms with Gasteiger partial charge < -0.3 is 9.53 Å². The van der Waals surface area contributed by atoms with Crippen LogP contribution in [0.3, 0.4) is 0 Å². The third-order valence-electron chi connectivity index (χ3n) is 8.29. The quantitative estimate of drug-likeness (QED) is 0.305. The van der Waals surface area contributed by atoms with Crippen molar-refractivity contribution >= 4 is 37.5 Å². The first-order valence-corrected chi connectivity index (χ1v) is 16.5. The average Bonchev–Trinajstić information content (AvgIpc) is 3.13. The lowest BCUT2D eigenvalue weighted by Gasteiger charge is -2.41. The zero-order valence-electron chi connectivity index (χ0n) is 23.3. The van der Waals surface area contributed by atoms with E-state index in [-0.39, 0.29) is 32.6 Å². The number of hydrogen-bond donors (Lipinski definition) is 2. The van der Waals surface area contributed by atoms with Crippen molar-refractivity contribution in [1.82, 2.24) is 5.32 Å². The van der Waals surface area contributed by atoms with E-state index < -0.39 is 54.8 Å². The zero-order chi connectivity index (χ0) is 29.6. The maximum atomic E-state index is 15.6. The van der Waals surface area contributed by atoms with Gasteiger partial charge in [-0.15, -0.1) is 0 Å². The number of carbonyl (C=O) groups is 1. The Kier molecular flexibility index (Phi) is 8.96. The highest BCUT2D eigenvalue weighted by Crippen LogP contribution is 2.53. The Balaban J connectivity index is 2.20. The van der Waals surface area contributed by atoms with Gasteiger partial charge in [-0.1, -0.05) is 76.0 Å². The number of benzene rings is 2. The monoisotopic (exact) mass is 596 g/mol. The largest absolute Gasteiger partial charge is 0.480 e. The number of nitrogens with one attached hydrogen (secondary N) is 1. The molecule has 1 saturated heterocycles. The highest BCUT2D eigenvalue weighted by Gasteiger charge is 2.61. The van der Waals surface area contributed by atoms with E-state index in [9.17, 15) is 15.2 Å². The molecule has 0 radical (unpaired) electrons. The second kappa shape index (κ2) is 11.1. The molecule has 1 aliphatic rings. The van der Waals surface area contributed by atoms with Crippen LogP contribution in [0.4, 0.5) is 8.78 Å². The molecule has 2 aromatic carbocycles. The SMILES string of the molecule is CC(C)(CO[Si](C)(C)C(C)(C)C)C[C@@H]1N[C@@H](C(=O)O)[C@H](c2cccc(Cl)c2F)[C@@]1(C#N)c1ccc(Cl)cc1F. The molecule has 0 bridgehead atoms. The van der Waals surface area contributed by atoms with Gasteiger partial charge >= 0.3 is 5.97 Å². The number of hydrogen-bond acceptors (Lipinski definition) is 4. The van der Waals surface area contributed by atoms with Crippen LogP contribution in [0.1, 0.15) is 58.1 Å². The molecule has 1 fully saturated rings. The molecule has 0 amide bonds. The Labute approximate surface area is 240 Å².